The summed E-state index contributed by atoms with van der Waals surface area (Å²) in [7, 11) is 0. The fourth-order valence-electron chi connectivity index (χ4n) is 1.40. The zero-order valence-corrected chi connectivity index (χ0v) is 10.9. The first-order valence-corrected chi connectivity index (χ1v) is 5.92. The van der Waals surface area contributed by atoms with Gasteiger partial charge in [0.25, 0.3) is 5.91 Å². The van der Waals surface area contributed by atoms with Crippen molar-refractivity contribution < 1.29 is 9.90 Å². The van der Waals surface area contributed by atoms with Crippen molar-refractivity contribution in [3.05, 3.63) is 35.5 Å². The normalized spacial score (nSPS) is 12.2. The molecule has 0 aromatic carbocycles. The third-order valence-electron chi connectivity index (χ3n) is 2.31. The number of hydrogen-bond acceptors (Lipinski definition) is 5. The Morgan fingerprint density at radius 2 is 2.21 bits per heavy atom. The first-order valence-electron chi connectivity index (χ1n) is 5.54. The summed E-state index contributed by atoms with van der Waals surface area (Å²) in [4.78, 5) is 15.8. The number of hydrogen-bond donors (Lipinski definition) is 2. The Morgan fingerprint density at radius 1 is 1.53 bits per heavy atom. The third kappa shape index (κ3) is 3.27. The Bertz CT molecular complexity index is 570. The molecule has 0 aliphatic heterocycles. The van der Waals surface area contributed by atoms with Gasteiger partial charge in [0.05, 0.1) is 16.7 Å². The van der Waals surface area contributed by atoms with Crippen molar-refractivity contribution >= 4 is 17.5 Å². The second kappa shape index (κ2) is 5.77. The van der Waals surface area contributed by atoms with Crippen molar-refractivity contribution in [2.45, 2.75) is 13.0 Å². The Balaban J connectivity index is 2.17. The second-order valence-electron chi connectivity index (χ2n) is 3.96. The minimum absolute atomic E-state index is 0.170. The SMILES string of the molecule is CC(O)CNC(=O)c1cnc(-n2cnnc2)c(Cl)c1. The molecule has 0 aliphatic carbocycles. The lowest BCUT2D eigenvalue weighted by molar-refractivity contribution is 0.0923. The van der Waals surface area contributed by atoms with Gasteiger partial charge in [-0.05, 0) is 13.0 Å². The third-order valence-corrected chi connectivity index (χ3v) is 2.58. The Kier molecular flexibility index (Phi) is 4.08. The van der Waals surface area contributed by atoms with Crippen LogP contribution in [0.4, 0.5) is 0 Å². The quantitative estimate of drug-likeness (QED) is 0.847. The average molecular weight is 282 g/mol. The van der Waals surface area contributed by atoms with E-state index in [0.717, 1.165) is 0 Å². The fraction of sp³-hybridized carbons (Fsp3) is 0.273. The number of carbonyl (C=O) groups is 1. The smallest absolute Gasteiger partial charge is 0.252 e. The van der Waals surface area contributed by atoms with Crippen molar-refractivity contribution in [2.24, 2.45) is 0 Å². The maximum Gasteiger partial charge on any atom is 0.252 e. The molecule has 0 saturated carbocycles. The highest BCUT2D eigenvalue weighted by Crippen LogP contribution is 2.18. The van der Waals surface area contributed by atoms with Crippen LogP contribution in [0.1, 0.15) is 17.3 Å². The molecule has 0 bridgehead atoms. The van der Waals surface area contributed by atoms with Crippen molar-refractivity contribution in [3.8, 4) is 5.82 Å². The number of carbonyl (C=O) groups excluding carboxylic acids is 1. The second-order valence-corrected chi connectivity index (χ2v) is 4.36. The molecule has 0 radical (unpaired) electrons. The number of halogens is 1. The number of nitrogens with one attached hydrogen (secondary N) is 1. The summed E-state index contributed by atoms with van der Waals surface area (Å²) in [6, 6.07) is 1.50. The molecule has 2 aromatic rings. The van der Waals surface area contributed by atoms with Crippen LogP contribution in [-0.2, 0) is 0 Å². The lowest BCUT2D eigenvalue weighted by atomic mass is 10.2. The van der Waals surface area contributed by atoms with Gasteiger partial charge in [-0.15, -0.1) is 10.2 Å². The summed E-state index contributed by atoms with van der Waals surface area (Å²) in [6.07, 6.45) is 3.71. The van der Waals surface area contributed by atoms with Crippen molar-refractivity contribution in [1.82, 2.24) is 25.1 Å². The lowest BCUT2D eigenvalue weighted by Crippen LogP contribution is -2.30. The van der Waals surface area contributed by atoms with Gasteiger partial charge in [-0.25, -0.2) is 4.98 Å². The fourth-order valence-corrected chi connectivity index (χ4v) is 1.66. The van der Waals surface area contributed by atoms with Crippen LogP contribution in [0, 0.1) is 0 Å². The van der Waals surface area contributed by atoms with Crippen molar-refractivity contribution in [1.29, 1.82) is 0 Å². The molecule has 0 spiro atoms. The van der Waals surface area contributed by atoms with E-state index in [1.807, 2.05) is 0 Å². The first-order chi connectivity index (χ1) is 9.08. The number of aliphatic hydroxyl groups excluding tert-OH is 1. The van der Waals surface area contributed by atoms with Gasteiger partial charge in [0.15, 0.2) is 5.82 Å². The number of nitrogens with zero attached hydrogens (tertiary/aromatic N) is 4. The van der Waals surface area contributed by atoms with E-state index in [9.17, 15) is 4.79 Å². The van der Waals surface area contributed by atoms with Crippen LogP contribution < -0.4 is 5.32 Å². The highest BCUT2D eigenvalue weighted by molar-refractivity contribution is 6.32. The summed E-state index contributed by atoms with van der Waals surface area (Å²) < 4.78 is 1.54. The highest BCUT2D eigenvalue weighted by atomic mass is 35.5. The summed E-state index contributed by atoms with van der Waals surface area (Å²) in [6.45, 7) is 1.75. The van der Waals surface area contributed by atoms with Crippen LogP contribution in [0.3, 0.4) is 0 Å². The lowest BCUT2D eigenvalue weighted by Gasteiger charge is -2.08. The maximum atomic E-state index is 11.7. The molecule has 0 saturated heterocycles. The minimum Gasteiger partial charge on any atom is -0.392 e. The number of rotatable bonds is 4. The Hall–Kier alpha value is -1.99. The summed E-state index contributed by atoms with van der Waals surface area (Å²) >= 11 is 6.06. The molecule has 19 heavy (non-hydrogen) atoms. The van der Waals surface area contributed by atoms with Crippen LogP contribution in [0.5, 0.6) is 0 Å². The van der Waals surface area contributed by atoms with Gasteiger partial charge in [-0.2, -0.15) is 0 Å². The van der Waals surface area contributed by atoms with E-state index >= 15 is 0 Å². The molecule has 2 N–H and O–H groups in total. The molecule has 1 atom stereocenters. The van der Waals surface area contributed by atoms with Gasteiger partial charge in [-0.3, -0.25) is 9.36 Å². The van der Waals surface area contributed by atoms with E-state index in [1.54, 1.807) is 11.5 Å². The molecule has 0 fully saturated rings. The van der Waals surface area contributed by atoms with Gasteiger partial charge < -0.3 is 10.4 Å². The molecular weight excluding hydrogens is 270 g/mol. The molecule has 2 heterocycles. The van der Waals surface area contributed by atoms with E-state index in [2.05, 4.69) is 20.5 Å². The van der Waals surface area contributed by atoms with Gasteiger partial charge in [0.2, 0.25) is 0 Å². The predicted molar refractivity (Wildman–Crippen MR) is 68.2 cm³/mol. The summed E-state index contributed by atoms with van der Waals surface area (Å²) in [5.74, 6) is 0.101. The Labute approximate surface area is 114 Å². The molecular formula is C11H12ClN5O2. The van der Waals surface area contributed by atoms with Crippen LogP contribution in [-0.4, -0.2) is 43.4 Å². The molecule has 0 aliphatic rings. The van der Waals surface area contributed by atoms with Crippen molar-refractivity contribution in [3.63, 3.8) is 0 Å². The predicted octanol–water partition coefficient (Wildman–Crippen LogP) is 0.426. The highest BCUT2D eigenvalue weighted by Gasteiger charge is 2.11. The topological polar surface area (TPSA) is 92.9 Å². The van der Waals surface area contributed by atoms with Gasteiger partial charge in [-0.1, -0.05) is 11.6 Å². The van der Waals surface area contributed by atoms with Gasteiger partial charge >= 0.3 is 0 Å². The number of amides is 1. The first kappa shape index (κ1) is 13.4. The molecule has 7 nitrogen and oxygen atoms in total. The van der Waals surface area contributed by atoms with E-state index in [1.165, 1.54) is 24.9 Å². The molecule has 1 amide bonds. The average Bonchev–Trinajstić information content (AvgIpc) is 2.89. The molecule has 2 aromatic heterocycles. The van der Waals surface area contributed by atoms with Crippen LogP contribution in [0.25, 0.3) is 5.82 Å². The zero-order chi connectivity index (χ0) is 13.8. The number of aromatic nitrogens is 4. The Morgan fingerprint density at radius 3 is 2.79 bits per heavy atom. The molecule has 2 rings (SSSR count). The number of pyridine rings is 1. The summed E-state index contributed by atoms with van der Waals surface area (Å²) in [5, 5.41) is 19.3. The van der Waals surface area contributed by atoms with Crippen LogP contribution in [0.2, 0.25) is 5.02 Å². The van der Waals surface area contributed by atoms with Crippen LogP contribution >= 0.6 is 11.6 Å². The van der Waals surface area contributed by atoms with E-state index in [4.69, 9.17) is 16.7 Å². The van der Waals surface area contributed by atoms with Gasteiger partial charge in [0, 0.05) is 12.7 Å². The minimum atomic E-state index is -0.608. The van der Waals surface area contributed by atoms with Crippen molar-refractivity contribution in [2.75, 3.05) is 6.54 Å². The molecule has 1 unspecified atom stereocenters. The largest absolute Gasteiger partial charge is 0.392 e. The number of aliphatic hydroxyl groups is 1. The maximum absolute atomic E-state index is 11.7. The van der Waals surface area contributed by atoms with E-state index < -0.39 is 6.10 Å². The molecule has 8 heteroatoms. The van der Waals surface area contributed by atoms with Gasteiger partial charge in [0.1, 0.15) is 12.7 Å². The summed E-state index contributed by atoms with van der Waals surface area (Å²) in [5.41, 5.74) is 0.322. The standard InChI is InChI=1S/C11H12ClN5O2/c1-7(18)3-14-11(19)8-2-9(12)10(13-4-8)17-5-15-16-6-17/h2,4-7,18H,3H2,1H3,(H,14,19). The molecule has 100 valence electrons. The van der Waals surface area contributed by atoms with Crippen LogP contribution in [0.15, 0.2) is 24.9 Å². The monoisotopic (exact) mass is 281 g/mol. The van der Waals surface area contributed by atoms with E-state index in [0.29, 0.717) is 16.4 Å². The van der Waals surface area contributed by atoms with E-state index in [-0.39, 0.29) is 12.5 Å². The zero-order valence-electron chi connectivity index (χ0n) is 10.1.